The standard InChI is InChI=1S/C14H24N2O4/c1-14(8-20-7-10(14)15)13(19)16-11(12(17)18)9-5-3-2-4-6-9/h9-11H,2-8,15H2,1H3,(H,16,19)(H,17,18). The zero-order valence-corrected chi connectivity index (χ0v) is 11.9. The number of rotatable bonds is 4. The van der Waals surface area contributed by atoms with Crippen LogP contribution >= 0.6 is 0 Å². The van der Waals surface area contributed by atoms with Crippen LogP contribution in [0.15, 0.2) is 0 Å². The van der Waals surface area contributed by atoms with Crippen LogP contribution in [0.3, 0.4) is 0 Å². The average Bonchev–Trinajstić information content (AvgIpc) is 2.77. The van der Waals surface area contributed by atoms with Crippen molar-refractivity contribution in [1.29, 1.82) is 0 Å². The molecule has 20 heavy (non-hydrogen) atoms. The summed E-state index contributed by atoms with van der Waals surface area (Å²) in [6, 6.07) is -1.20. The molecule has 0 spiro atoms. The van der Waals surface area contributed by atoms with Crippen LogP contribution in [-0.4, -0.2) is 42.3 Å². The first kappa shape index (κ1) is 15.3. The summed E-state index contributed by atoms with van der Waals surface area (Å²) in [5.41, 5.74) is 5.08. The fourth-order valence-corrected chi connectivity index (χ4v) is 3.08. The minimum atomic E-state index is -0.957. The van der Waals surface area contributed by atoms with Crippen molar-refractivity contribution in [2.45, 2.75) is 51.1 Å². The van der Waals surface area contributed by atoms with Crippen molar-refractivity contribution in [3.63, 3.8) is 0 Å². The van der Waals surface area contributed by atoms with Crippen molar-refractivity contribution in [1.82, 2.24) is 5.32 Å². The maximum absolute atomic E-state index is 12.4. The Hall–Kier alpha value is -1.14. The maximum atomic E-state index is 12.4. The molecule has 1 aliphatic heterocycles. The van der Waals surface area contributed by atoms with Gasteiger partial charge in [-0.3, -0.25) is 4.79 Å². The Balaban J connectivity index is 2.04. The first-order valence-electron chi connectivity index (χ1n) is 7.32. The number of carboxylic acid groups (broad SMARTS) is 1. The highest BCUT2D eigenvalue weighted by Gasteiger charge is 2.46. The molecule has 0 aromatic heterocycles. The summed E-state index contributed by atoms with van der Waals surface area (Å²) in [7, 11) is 0. The minimum absolute atomic E-state index is 0.0207. The van der Waals surface area contributed by atoms with Crippen molar-refractivity contribution in [3.8, 4) is 0 Å². The second-order valence-electron chi connectivity index (χ2n) is 6.23. The summed E-state index contributed by atoms with van der Waals surface area (Å²) in [5, 5.41) is 12.1. The third-order valence-corrected chi connectivity index (χ3v) is 4.71. The Morgan fingerprint density at radius 3 is 2.50 bits per heavy atom. The number of carbonyl (C=O) groups excluding carboxylic acids is 1. The Bertz CT molecular complexity index is 381. The summed E-state index contributed by atoms with van der Waals surface area (Å²) >= 11 is 0. The van der Waals surface area contributed by atoms with Gasteiger partial charge in [-0.05, 0) is 25.7 Å². The Morgan fingerprint density at radius 1 is 1.35 bits per heavy atom. The van der Waals surface area contributed by atoms with E-state index in [9.17, 15) is 14.7 Å². The zero-order chi connectivity index (χ0) is 14.8. The van der Waals surface area contributed by atoms with E-state index in [0.717, 1.165) is 32.1 Å². The van der Waals surface area contributed by atoms with E-state index < -0.39 is 17.4 Å². The van der Waals surface area contributed by atoms with Gasteiger partial charge >= 0.3 is 5.97 Å². The molecular formula is C14H24N2O4. The van der Waals surface area contributed by atoms with E-state index in [1.54, 1.807) is 6.92 Å². The molecule has 4 N–H and O–H groups in total. The molecule has 1 saturated heterocycles. The number of carboxylic acids is 1. The van der Waals surface area contributed by atoms with Gasteiger partial charge in [-0.25, -0.2) is 4.79 Å². The minimum Gasteiger partial charge on any atom is -0.480 e. The normalized spacial score (nSPS) is 32.8. The molecule has 6 nitrogen and oxygen atoms in total. The van der Waals surface area contributed by atoms with E-state index in [4.69, 9.17) is 10.5 Å². The number of hydrogen-bond donors (Lipinski definition) is 3. The quantitative estimate of drug-likeness (QED) is 0.698. The van der Waals surface area contributed by atoms with Gasteiger partial charge in [0.25, 0.3) is 0 Å². The van der Waals surface area contributed by atoms with E-state index >= 15 is 0 Å². The lowest BCUT2D eigenvalue weighted by Gasteiger charge is -2.32. The van der Waals surface area contributed by atoms with E-state index in [2.05, 4.69) is 5.32 Å². The van der Waals surface area contributed by atoms with E-state index in [1.807, 2.05) is 0 Å². The van der Waals surface area contributed by atoms with E-state index in [1.165, 1.54) is 0 Å². The molecule has 1 heterocycles. The van der Waals surface area contributed by atoms with Crippen LogP contribution in [0, 0.1) is 11.3 Å². The molecule has 2 rings (SSSR count). The predicted octanol–water partition coefficient (Wildman–Crippen LogP) is 0.500. The lowest BCUT2D eigenvalue weighted by Crippen LogP contribution is -2.56. The van der Waals surface area contributed by atoms with E-state index in [0.29, 0.717) is 6.61 Å². The summed E-state index contributed by atoms with van der Waals surface area (Å²) < 4.78 is 5.25. The molecule has 2 fully saturated rings. The second kappa shape index (κ2) is 6.10. The fraction of sp³-hybridized carbons (Fsp3) is 0.857. The van der Waals surface area contributed by atoms with Gasteiger partial charge in [0.05, 0.1) is 18.6 Å². The van der Waals surface area contributed by atoms with Crippen LogP contribution in [-0.2, 0) is 14.3 Å². The maximum Gasteiger partial charge on any atom is 0.326 e. The Labute approximate surface area is 119 Å². The van der Waals surface area contributed by atoms with Crippen LogP contribution in [0.5, 0.6) is 0 Å². The van der Waals surface area contributed by atoms with Gasteiger partial charge in [0.2, 0.25) is 5.91 Å². The molecule has 1 amide bonds. The number of amides is 1. The number of nitrogens with two attached hydrogens (primary N) is 1. The van der Waals surface area contributed by atoms with Crippen LogP contribution in [0.2, 0.25) is 0 Å². The van der Waals surface area contributed by atoms with Gasteiger partial charge in [0.1, 0.15) is 6.04 Å². The molecule has 0 aromatic carbocycles. The molecule has 114 valence electrons. The number of nitrogens with one attached hydrogen (secondary N) is 1. The molecular weight excluding hydrogens is 260 g/mol. The molecule has 1 saturated carbocycles. The Kier molecular flexibility index (Phi) is 4.65. The third-order valence-electron chi connectivity index (χ3n) is 4.71. The molecule has 1 aliphatic carbocycles. The summed E-state index contributed by atoms with van der Waals surface area (Å²) in [6.45, 7) is 2.32. The van der Waals surface area contributed by atoms with Gasteiger partial charge in [-0.1, -0.05) is 19.3 Å². The summed E-state index contributed by atoms with van der Waals surface area (Å²) in [6.07, 6.45) is 4.93. The van der Waals surface area contributed by atoms with Crippen LogP contribution in [0.1, 0.15) is 39.0 Å². The summed E-state index contributed by atoms with van der Waals surface area (Å²) in [4.78, 5) is 23.9. The van der Waals surface area contributed by atoms with Gasteiger partial charge in [-0.15, -0.1) is 0 Å². The smallest absolute Gasteiger partial charge is 0.326 e. The lowest BCUT2D eigenvalue weighted by atomic mass is 9.81. The van der Waals surface area contributed by atoms with Crippen molar-refractivity contribution in [2.75, 3.05) is 13.2 Å². The van der Waals surface area contributed by atoms with Crippen LogP contribution in [0.4, 0.5) is 0 Å². The SMILES string of the molecule is CC1(C(=O)NC(C(=O)O)C2CCCCC2)COCC1N. The first-order chi connectivity index (χ1) is 9.45. The predicted molar refractivity (Wildman–Crippen MR) is 73.0 cm³/mol. The van der Waals surface area contributed by atoms with Crippen molar-refractivity contribution in [3.05, 3.63) is 0 Å². The molecule has 3 atom stereocenters. The van der Waals surface area contributed by atoms with Gasteiger partial charge in [0, 0.05) is 6.04 Å². The summed E-state index contributed by atoms with van der Waals surface area (Å²) in [5.74, 6) is -1.24. The molecule has 6 heteroatoms. The van der Waals surface area contributed by atoms with Crippen LogP contribution < -0.4 is 11.1 Å². The number of aliphatic carboxylic acids is 1. The topological polar surface area (TPSA) is 102 Å². The first-order valence-corrected chi connectivity index (χ1v) is 7.32. The third kappa shape index (κ3) is 2.96. The second-order valence-corrected chi connectivity index (χ2v) is 6.23. The highest BCUT2D eigenvalue weighted by atomic mass is 16.5. The van der Waals surface area contributed by atoms with Gasteiger partial charge in [-0.2, -0.15) is 0 Å². The molecule has 0 bridgehead atoms. The number of hydrogen-bond acceptors (Lipinski definition) is 4. The molecule has 0 radical (unpaired) electrons. The van der Waals surface area contributed by atoms with Crippen molar-refractivity contribution in [2.24, 2.45) is 17.1 Å². The zero-order valence-electron chi connectivity index (χ0n) is 11.9. The number of carbonyl (C=O) groups is 2. The Morgan fingerprint density at radius 2 is 2.00 bits per heavy atom. The molecule has 3 unspecified atom stereocenters. The molecule has 0 aromatic rings. The van der Waals surface area contributed by atoms with E-state index in [-0.39, 0.29) is 24.5 Å². The van der Waals surface area contributed by atoms with Crippen molar-refractivity contribution >= 4 is 11.9 Å². The highest BCUT2D eigenvalue weighted by molar-refractivity contribution is 5.88. The highest BCUT2D eigenvalue weighted by Crippen LogP contribution is 2.30. The van der Waals surface area contributed by atoms with Gasteiger partial charge < -0.3 is 20.9 Å². The van der Waals surface area contributed by atoms with Crippen molar-refractivity contribution < 1.29 is 19.4 Å². The number of ether oxygens (including phenoxy) is 1. The lowest BCUT2D eigenvalue weighted by molar-refractivity contribution is -0.146. The van der Waals surface area contributed by atoms with Crippen LogP contribution in [0.25, 0.3) is 0 Å². The average molecular weight is 284 g/mol. The monoisotopic (exact) mass is 284 g/mol. The molecule has 2 aliphatic rings. The fourth-order valence-electron chi connectivity index (χ4n) is 3.08. The largest absolute Gasteiger partial charge is 0.480 e. The van der Waals surface area contributed by atoms with Gasteiger partial charge in [0.15, 0.2) is 0 Å².